The van der Waals surface area contributed by atoms with Crippen LogP contribution >= 0.6 is 0 Å². The predicted molar refractivity (Wildman–Crippen MR) is 53.8 cm³/mol. The van der Waals surface area contributed by atoms with Crippen molar-refractivity contribution in [2.45, 2.75) is 0 Å². The quantitative estimate of drug-likeness (QED) is 0.533. The molecular weight excluding hydrogens is 216 g/mol. The number of ether oxygens (including phenoxy) is 3. The van der Waals surface area contributed by atoms with Crippen LogP contribution in [0.4, 0.5) is 0 Å². The predicted octanol–water partition coefficient (Wildman–Crippen LogP) is 0.165. The molecule has 0 unspecified atom stereocenters. The van der Waals surface area contributed by atoms with Crippen molar-refractivity contribution in [2.75, 3.05) is 20.7 Å². The summed E-state index contributed by atoms with van der Waals surface area (Å²) in [6.07, 6.45) is 0.589. The van der Waals surface area contributed by atoms with Crippen molar-refractivity contribution in [3.8, 4) is 17.2 Å². The SMILES string of the molecule is COc1c(C=O)ccc(OCO)c1OCO. The Hall–Kier alpha value is -1.79. The van der Waals surface area contributed by atoms with Gasteiger partial charge in [-0.25, -0.2) is 0 Å². The molecule has 0 fully saturated rings. The molecule has 16 heavy (non-hydrogen) atoms. The van der Waals surface area contributed by atoms with Gasteiger partial charge < -0.3 is 24.4 Å². The maximum Gasteiger partial charge on any atom is 0.207 e. The first kappa shape index (κ1) is 12.3. The standard InChI is InChI=1S/C10H12O6/c1-14-9-7(4-11)2-3-8(15-5-12)10(9)16-6-13/h2-4,12-13H,5-6H2,1H3. The van der Waals surface area contributed by atoms with Crippen molar-refractivity contribution in [2.24, 2.45) is 0 Å². The second-order valence-electron chi connectivity index (χ2n) is 2.68. The van der Waals surface area contributed by atoms with Gasteiger partial charge in [0.05, 0.1) is 12.7 Å². The fraction of sp³-hybridized carbons (Fsp3) is 0.300. The number of rotatable bonds is 6. The van der Waals surface area contributed by atoms with Crippen LogP contribution < -0.4 is 14.2 Å². The molecule has 0 bridgehead atoms. The number of methoxy groups -OCH3 is 1. The van der Waals surface area contributed by atoms with E-state index in [1.165, 1.54) is 19.2 Å². The number of hydrogen-bond donors (Lipinski definition) is 2. The summed E-state index contributed by atoms with van der Waals surface area (Å²) in [5.74, 6) is 0.401. The molecule has 0 aromatic heterocycles. The number of carbonyl (C=O) groups excluding carboxylic acids is 1. The molecule has 0 aliphatic rings. The van der Waals surface area contributed by atoms with E-state index in [-0.39, 0.29) is 22.8 Å². The fourth-order valence-corrected chi connectivity index (χ4v) is 1.25. The topological polar surface area (TPSA) is 85.2 Å². The maximum absolute atomic E-state index is 10.7. The summed E-state index contributed by atoms with van der Waals surface area (Å²) in [4.78, 5) is 10.7. The van der Waals surface area contributed by atoms with Crippen LogP contribution in [0.1, 0.15) is 10.4 Å². The summed E-state index contributed by atoms with van der Waals surface area (Å²) < 4.78 is 14.7. The van der Waals surface area contributed by atoms with E-state index >= 15 is 0 Å². The molecule has 1 rings (SSSR count). The minimum atomic E-state index is -0.597. The lowest BCUT2D eigenvalue weighted by atomic mass is 10.2. The molecule has 88 valence electrons. The number of benzene rings is 1. The molecule has 0 radical (unpaired) electrons. The van der Waals surface area contributed by atoms with Gasteiger partial charge in [-0.1, -0.05) is 0 Å². The highest BCUT2D eigenvalue weighted by atomic mass is 16.6. The largest absolute Gasteiger partial charge is 0.492 e. The van der Waals surface area contributed by atoms with Crippen LogP contribution in [0.15, 0.2) is 12.1 Å². The van der Waals surface area contributed by atoms with Crippen LogP contribution in [0.25, 0.3) is 0 Å². The van der Waals surface area contributed by atoms with Gasteiger partial charge in [0.2, 0.25) is 5.75 Å². The van der Waals surface area contributed by atoms with E-state index in [0.29, 0.717) is 6.29 Å². The molecule has 2 N–H and O–H groups in total. The molecule has 0 aliphatic carbocycles. The van der Waals surface area contributed by atoms with E-state index in [1.807, 2.05) is 0 Å². The molecule has 0 saturated heterocycles. The normalized spacial score (nSPS) is 9.69. The highest BCUT2D eigenvalue weighted by Gasteiger charge is 2.16. The van der Waals surface area contributed by atoms with E-state index in [9.17, 15) is 4.79 Å². The zero-order chi connectivity index (χ0) is 12.0. The molecule has 1 aromatic carbocycles. The fourth-order valence-electron chi connectivity index (χ4n) is 1.25. The van der Waals surface area contributed by atoms with Crippen LogP contribution in [-0.2, 0) is 0 Å². The third-order valence-electron chi connectivity index (χ3n) is 1.87. The third kappa shape index (κ3) is 2.41. The minimum absolute atomic E-state index is 0.0728. The highest BCUT2D eigenvalue weighted by Crippen LogP contribution is 2.39. The van der Waals surface area contributed by atoms with E-state index in [4.69, 9.17) is 24.4 Å². The first-order valence-electron chi connectivity index (χ1n) is 4.42. The molecule has 6 nitrogen and oxygen atoms in total. The Morgan fingerprint density at radius 2 is 1.88 bits per heavy atom. The summed E-state index contributed by atoms with van der Waals surface area (Å²) in [5, 5.41) is 17.4. The highest BCUT2D eigenvalue weighted by molar-refractivity contribution is 5.82. The monoisotopic (exact) mass is 228 g/mol. The molecule has 0 heterocycles. The zero-order valence-electron chi connectivity index (χ0n) is 8.67. The zero-order valence-corrected chi connectivity index (χ0v) is 8.67. The van der Waals surface area contributed by atoms with Crippen molar-refractivity contribution in [3.63, 3.8) is 0 Å². The van der Waals surface area contributed by atoms with E-state index in [0.717, 1.165) is 0 Å². The Bertz CT molecular complexity index is 363. The van der Waals surface area contributed by atoms with Crippen molar-refractivity contribution in [1.29, 1.82) is 0 Å². The van der Waals surface area contributed by atoms with E-state index < -0.39 is 13.6 Å². The number of aliphatic hydroxyl groups is 2. The Morgan fingerprint density at radius 1 is 1.19 bits per heavy atom. The van der Waals surface area contributed by atoms with Gasteiger partial charge in [-0.15, -0.1) is 0 Å². The number of aldehydes is 1. The summed E-state index contributed by atoms with van der Waals surface area (Å²) in [5.41, 5.74) is 0.260. The Kier molecular flexibility index (Phi) is 4.56. The van der Waals surface area contributed by atoms with E-state index in [1.54, 1.807) is 0 Å². The van der Waals surface area contributed by atoms with Gasteiger partial charge in [0.1, 0.15) is 0 Å². The molecule has 0 atom stereocenters. The number of hydrogen-bond acceptors (Lipinski definition) is 6. The van der Waals surface area contributed by atoms with Crippen LogP contribution in [-0.4, -0.2) is 37.2 Å². The maximum atomic E-state index is 10.7. The van der Waals surface area contributed by atoms with E-state index in [2.05, 4.69) is 0 Å². The van der Waals surface area contributed by atoms with Crippen molar-refractivity contribution in [3.05, 3.63) is 17.7 Å². The Morgan fingerprint density at radius 3 is 2.38 bits per heavy atom. The van der Waals surface area contributed by atoms with Crippen LogP contribution in [0.3, 0.4) is 0 Å². The van der Waals surface area contributed by atoms with Gasteiger partial charge in [0.15, 0.2) is 31.4 Å². The lowest BCUT2D eigenvalue weighted by molar-refractivity contribution is 0.0719. The van der Waals surface area contributed by atoms with Crippen LogP contribution in [0, 0.1) is 0 Å². The summed E-state index contributed by atoms with van der Waals surface area (Å²) in [7, 11) is 1.36. The molecular formula is C10H12O6. The van der Waals surface area contributed by atoms with Crippen molar-refractivity contribution in [1.82, 2.24) is 0 Å². The minimum Gasteiger partial charge on any atom is -0.492 e. The number of carbonyl (C=O) groups is 1. The lowest BCUT2D eigenvalue weighted by Gasteiger charge is -2.14. The van der Waals surface area contributed by atoms with Crippen molar-refractivity contribution < 1.29 is 29.2 Å². The second-order valence-corrected chi connectivity index (χ2v) is 2.68. The van der Waals surface area contributed by atoms with Gasteiger partial charge in [-0.3, -0.25) is 4.79 Å². The molecule has 1 aromatic rings. The third-order valence-corrected chi connectivity index (χ3v) is 1.87. The van der Waals surface area contributed by atoms with Gasteiger partial charge in [-0.2, -0.15) is 0 Å². The summed E-state index contributed by atoms with van der Waals surface area (Å²) in [6.45, 7) is -1.15. The first-order valence-corrected chi connectivity index (χ1v) is 4.42. The van der Waals surface area contributed by atoms with Gasteiger partial charge in [0, 0.05) is 0 Å². The first-order chi connectivity index (χ1) is 7.78. The summed E-state index contributed by atoms with van der Waals surface area (Å²) >= 11 is 0. The average Bonchev–Trinajstić information content (AvgIpc) is 2.31. The Balaban J connectivity index is 3.25. The average molecular weight is 228 g/mol. The smallest absolute Gasteiger partial charge is 0.207 e. The second kappa shape index (κ2) is 5.94. The molecule has 0 saturated carbocycles. The van der Waals surface area contributed by atoms with Crippen molar-refractivity contribution >= 4 is 6.29 Å². The van der Waals surface area contributed by atoms with Gasteiger partial charge in [0.25, 0.3) is 0 Å². The molecule has 6 heteroatoms. The molecule has 0 spiro atoms. The number of aliphatic hydroxyl groups excluding tert-OH is 2. The van der Waals surface area contributed by atoms with Gasteiger partial charge in [-0.05, 0) is 12.1 Å². The van der Waals surface area contributed by atoms with Crippen LogP contribution in [0.2, 0.25) is 0 Å². The molecule has 0 aliphatic heterocycles. The van der Waals surface area contributed by atoms with Crippen LogP contribution in [0.5, 0.6) is 17.2 Å². The summed E-state index contributed by atoms with van der Waals surface area (Å²) in [6, 6.07) is 2.90. The molecule has 0 amide bonds. The Labute approximate surface area is 92.0 Å². The van der Waals surface area contributed by atoms with Gasteiger partial charge >= 0.3 is 0 Å². The lowest BCUT2D eigenvalue weighted by Crippen LogP contribution is -2.04.